The molecular weight excluding hydrogens is 352 g/mol. The van der Waals surface area contributed by atoms with E-state index in [2.05, 4.69) is 4.74 Å². The molecule has 0 heterocycles. The average molecular weight is 371 g/mol. The van der Waals surface area contributed by atoms with Gasteiger partial charge in [-0.15, -0.1) is 13.2 Å². The van der Waals surface area contributed by atoms with Crippen molar-refractivity contribution >= 4 is 0 Å². The van der Waals surface area contributed by atoms with Gasteiger partial charge in [-0.1, -0.05) is 25.0 Å². The Hall–Kier alpha value is -1.48. The second kappa shape index (κ2) is 7.82. The van der Waals surface area contributed by atoms with E-state index in [0.29, 0.717) is 5.56 Å². The Balaban J connectivity index is 2.05. The van der Waals surface area contributed by atoms with Gasteiger partial charge in [0.15, 0.2) is 6.10 Å². The van der Waals surface area contributed by atoms with E-state index in [4.69, 9.17) is 0 Å². The van der Waals surface area contributed by atoms with Crippen LogP contribution in [0.25, 0.3) is 0 Å². The lowest BCUT2D eigenvalue weighted by Gasteiger charge is -2.31. The zero-order valence-corrected chi connectivity index (χ0v) is 13.3. The summed E-state index contributed by atoms with van der Waals surface area (Å²) in [5.74, 6) is -0.390. The highest BCUT2D eigenvalue weighted by atomic mass is 19.4. The molecule has 1 aliphatic carbocycles. The fourth-order valence-corrected chi connectivity index (χ4v) is 2.97. The molecule has 1 unspecified atom stereocenters. The number of halogens is 6. The number of alkyl halides is 6. The van der Waals surface area contributed by atoms with Crippen molar-refractivity contribution in [2.45, 2.75) is 56.9 Å². The number of aliphatic hydroxyl groups excluding tert-OH is 1. The third-order valence-electron chi connectivity index (χ3n) is 4.17. The second-order valence-electron chi connectivity index (χ2n) is 6.12. The Morgan fingerprint density at radius 3 is 2.08 bits per heavy atom. The molecule has 0 radical (unpaired) electrons. The first-order chi connectivity index (χ1) is 11.5. The minimum Gasteiger partial charge on any atom is -0.406 e. The van der Waals surface area contributed by atoms with Gasteiger partial charge in [0, 0.05) is 19.1 Å². The minimum absolute atomic E-state index is 0.0805. The van der Waals surface area contributed by atoms with Gasteiger partial charge in [0.05, 0.1) is 0 Å². The maximum atomic E-state index is 12.6. The maximum absolute atomic E-state index is 12.6. The topological polar surface area (TPSA) is 32.7 Å². The molecule has 1 aromatic rings. The third-order valence-corrected chi connectivity index (χ3v) is 4.17. The van der Waals surface area contributed by atoms with E-state index in [1.165, 1.54) is 12.1 Å². The van der Waals surface area contributed by atoms with E-state index in [9.17, 15) is 31.4 Å². The van der Waals surface area contributed by atoms with E-state index in [1.807, 2.05) is 0 Å². The summed E-state index contributed by atoms with van der Waals surface area (Å²) in [6.45, 7) is -0.445. The first-order valence-corrected chi connectivity index (χ1v) is 7.88. The molecule has 25 heavy (non-hydrogen) atoms. The van der Waals surface area contributed by atoms with Crippen LogP contribution in [0.3, 0.4) is 0 Å². The zero-order valence-electron chi connectivity index (χ0n) is 13.3. The van der Waals surface area contributed by atoms with Crippen LogP contribution in [0.2, 0.25) is 0 Å². The Bertz CT molecular complexity index is 537. The van der Waals surface area contributed by atoms with Crippen molar-refractivity contribution in [1.29, 1.82) is 0 Å². The molecule has 0 saturated heterocycles. The van der Waals surface area contributed by atoms with Crippen LogP contribution in [-0.2, 0) is 6.54 Å². The Labute approximate surface area is 141 Å². The number of hydrogen-bond acceptors (Lipinski definition) is 3. The predicted molar refractivity (Wildman–Crippen MR) is 77.9 cm³/mol. The van der Waals surface area contributed by atoms with Crippen LogP contribution < -0.4 is 4.74 Å². The molecule has 1 atom stereocenters. The van der Waals surface area contributed by atoms with Gasteiger partial charge in [0.25, 0.3) is 0 Å². The van der Waals surface area contributed by atoms with Crippen molar-refractivity contribution in [3.8, 4) is 5.75 Å². The molecule has 9 heteroatoms. The Morgan fingerprint density at radius 2 is 1.60 bits per heavy atom. The first kappa shape index (κ1) is 19.8. The lowest BCUT2D eigenvalue weighted by atomic mass is 10.1. The van der Waals surface area contributed by atoms with E-state index < -0.39 is 25.2 Å². The maximum Gasteiger partial charge on any atom is 0.573 e. The fraction of sp³-hybridized carbons (Fsp3) is 0.625. The van der Waals surface area contributed by atoms with E-state index >= 15 is 0 Å². The molecule has 2 rings (SSSR count). The van der Waals surface area contributed by atoms with Crippen molar-refractivity contribution in [3.63, 3.8) is 0 Å². The van der Waals surface area contributed by atoms with Crippen molar-refractivity contribution in [1.82, 2.24) is 4.90 Å². The highest BCUT2D eigenvalue weighted by Crippen LogP contribution is 2.29. The largest absolute Gasteiger partial charge is 0.573 e. The minimum atomic E-state index is -4.80. The van der Waals surface area contributed by atoms with Gasteiger partial charge in [0.1, 0.15) is 5.75 Å². The standard InChI is InChI=1S/C16H19F6NO2/c17-15(18,19)14(24)10-23(12-3-1-2-4-12)9-11-5-7-13(8-6-11)25-16(20,21)22/h5-8,12,14,24H,1-4,9-10H2. The van der Waals surface area contributed by atoms with Gasteiger partial charge >= 0.3 is 12.5 Å². The molecule has 1 N–H and O–H groups in total. The third kappa shape index (κ3) is 6.39. The fourth-order valence-electron chi connectivity index (χ4n) is 2.97. The summed E-state index contributed by atoms with van der Waals surface area (Å²) < 4.78 is 78.1. The SMILES string of the molecule is OC(CN(Cc1ccc(OC(F)(F)F)cc1)C1CCCC1)C(F)(F)F. The van der Waals surface area contributed by atoms with Gasteiger partial charge in [-0.25, -0.2) is 0 Å². The molecule has 142 valence electrons. The summed E-state index contributed by atoms with van der Waals surface area (Å²) in [7, 11) is 0. The molecule has 0 amide bonds. The molecule has 1 aliphatic rings. The zero-order chi connectivity index (χ0) is 18.7. The summed E-state index contributed by atoms with van der Waals surface area (Å²) >= 11 is 0. The van der Waals surface area contributed by atoms with Gasteiger partial charge in [0.2, 0.25) is 0 Å². The molecule has 1 fully saturated rings. The summed E-state index contributed by atoms with van der Waals surface area (Å²) in [6, 6.07) is 4.92. The smallest absolute Gasteiger partial charge is 0.406 e. The van der Waals surface area contributed by atoms with Crippen LogP contribution in [0.15, 0.2) is 24.3 Å². The molecule has 1 aromatic carbocycles. The Morgan fingerprint density at radius 1 is 1.04 bits per heavy atom. The number of aliphatic hydroxyl groups is 1. The number of hydrogen-bond donors (Lipinski definition) is 1. The molecule has 0 spiro atoms. The Kier molecular flexibility index (Phi) is 6.21. The number of ether oxygens (including phenoxy) is 1. The lowest BCUT2D eigenvalue weighted by Crippen LogP contribution is -2.44. The molecule has 0 bridgehead atoms. The van der Waals surface area contributed by atoms with Gasteiger partial charge in [-0.2, -0.15) is 13.2 Å². The number of rotatable bonds is 6. The van der Waals surface area contributed by atoms with Gasteiger partial charge in [-0.3, -0.25) is 4.90 Å². The van der Waals surface area contributed by atoms with Crippen LogP contribution in [0.5, 0.6) is 5.75 Å². The summed E-state index contributed by atoms with van der Waals surface area (Å²) in [5.41, 5.74) is 0.552. The molecule has 1 saturated carbocycles. The monoisotopic (exact) mass is 371 g/mol. The highest BCUT2D eigenvalue weighted by Gasteiger charge is 2.40. The summed E-state index contributed by atoms with van der Waals surface area (Å²) in [4.78, 5) is 1.55. The van der Waals surface area contributed by atoms with E-state index in [0.717, 1.165) is 37.8 Å². The molecule has 0 aromatic heterocycles. The molecule has 3 nitrogen and oxygen atoms in total. The quantitative estimate of drug-likeness (QED) is 0.759. The van der Waals surface area contributed by atoms with Crippen molar-refractivity contribution < 1.29 is 36.2 Å². The van der Waals surface area contributed by atoms with Gasteiger partial charge < -0.3 is 9.84 Å². The molecular formula is C16H19F6NO2. The predicted octanol–water partition coefficient (Wildman–Crippen LogP) is 4.25. The number of benzene rings is 1. The first-order valence-electron chi connectivity index (χ1n) is 7.88. The number of nitrogens with zero attached hydrogens (tertiary/aromatic N) is 1. The van der Waals surface area contributed by atoms with Crippen molar-refractivity contribution in [3.05, 3.63) is 29.8 Å². The van der Waals surface area contributed by atoms with E-state index in [1.54, 1.807) is 4.90 Å². The van der Waals surface area contributed by atoms with Crippen molar-refractivity contribution in [2.24, 2.45) is 0 Å². The van der Waals surface area contributed by atoms with Crippen molar-refractivity contribution in [2.75, 3.05) is 6.54 Å². The summed E-state index contributed by atoms with van der Waals surface area (Å²) in [6.07, 6.45) is -8.68. The summed E-state index contributed by atoms with van der Waals surface area (Å²) in [5, 5.41) is 9.35. The van der Waals surface area contributed by atoms with Crippen LogP contribution in [0.4, 0.5) is 26.3 Å². The van der Waals surface area contributed by atoms with Crippen LogP contribution in [0, 0.1) is 0 Å². The highest BCUT2D eigenvalue weighted by molar-refractivity contribution is 5.27. The van der Waals surface area contributed by atoms with Crippen LogP contribution in [-0.4, -0.2) is 41.2 Å². The molecule has 0 aliphatic heterocycles. The van der Waals surface area contributed by atoms with Gasteiger partial charge in [-0.05, 0) is 30.5 Å². The lowest BCUT2D eigenvalue weighted by molar-refractivity contribution is -0.274. The van der Waals surface area contributed by atoms with E-state index in [-0.39, 0.29) is 18.3 Å². The van der Waals surface area contributed by atoms with Crippen LogP contribution in [0.1, 0.15) is 31.2 Å². The average Bonchev–Trinajstić information content (AvgIpc) is 3.00. The van der Waals surface area contributed by atoms with Crippen LogP contribution >= 0.6 is 0 Å². The second-order valence-corrected chi connectivity index (χ2v) is 6.12. The normalized spacial score (nSPS) is 17.9.